The van der Waals surface area contributed by atoms with Crippen molar-refractivity contribution in [2.45, 2.75) is 57.5 Å². The highest BCUT2D eigenvalue weighted by molar-refractivity contribution is 5.79. The molecule has 2 fully saturated rings. The van der Waals surface area contributed by atoms with Crippen molar-refractivity contribution in [2.75, 3.05) is 19.6 Å². The molecular formula is C22H28N6O3. The summed E-state index contributed by atoms with van der Waals surface area (Å²) in [5.41, 5.74) is 1.33. The number of nitrogens with zero attached hydrogens (tertiary/aromatic N) is 5. The lowest BCUT2D eigenvalue weighted by atomic mass is 9.84. The Labute approximate surface area is 180 Å². The van der Waals surface area contributed by atoms with Gasteiger partial charge >= 0.3 is 0 Å². The normalized spacial score (nSPS) is 21.1. The summed E-state index contributed by atoms with van der Waals surface area (Å²) in [6.07, 6.45) is 8.36. The highest BCUT2D eigenvalue weighted by atomic mass is 16.2. The second-order valence-corrected chi connectivity index (χ2v) is 8.86. The lowest BCUT2D eigenvalue weighted by Gasteiger charge is -2.34. The second kappa shape index (κ2) is 8.28. The van der Waals surface area contributed by atoms with Crippen LogP contribution in [0.3, 0.4) is 0 Å². The maximum atomic E-state index is 12.7. The third kappa shape index (κ3) is 4.00. The van der Waals surface area contributed by atoms with Crippen molar-refractivity contribution < 1.29 is 9.59 Å². The summed E-state index contributed by atoms with van der Waals surface area (Å²) < 4.78 is 1.75. The van der Waals surface area contributed by atoms with Gasteiger partial charge in [-0.05, 0) is 31.7 Å². The second-order valence-electron chi connectivity index (χ2n) is 8.86. The van der Waals surface area contributed by atoms with Gasteiger partial charge in [0.05, 0.1) is 12.2 Å². The molecular weight excluding hydrogens is 396 g/mol. The SMILES string of the molecule is O=C(CCn1cccn1)N1CC[C@@H](c2nc3c(c(=O)[nH]2)CCN(C(=O)C2CCC2)C3)C1. The first-order valence-electron chi connectivity index (χ1n) is 11.2. The van der Waals surface area contributed by atoms with Gasteiger partial charge in [0.2, 0.25) is 11.8 Å². The molecule has 1 N–H and O–H groups in total. The molecule has 31 heavy (non-hydrogen) atoms. The molecule has 9 heteroatoms. The van der Waals surface area contributed by atoms with Gasteiger partial charge < -0.3 is 14.8 Å². The van der Waals surface area contributed by atoms with Crippen LogP contribution < -0.4 is 5.56 Å². The predicted molar refractivity (Wildman–Crippen MR) is 112 cm³/mol. The minimum atomic E-state index is -0.0980. The molecule has 2 aromatic heterocycles. The van der Waals surface area contributed by atoms with Crippen LogP contribution in [-0.2, 0) is 29.1 Å². The zero-order valence-corrected chi connectivity index (χ0v) is 17.6. The third-order valence-corrected chi connectivity index (χ3v) is 6.90. The number of aromatic nitrogens is 4. The molecule has 0 aromatic carbocycles. The first-order chi connectivity index (χ1) is 15.1. The quantitative estimate of drug-likeness (QED) is 0.773. The van der Waals surface area contributed by atoms with Crippen LogP contribution in [-0.4, -0.2) is 61.0 Å². The van der Waals surface area contributed by atoms with Crippen molar-refractivity contribution in [3.8, 4) is 0 Å². The number of rotatable bonds is 5. The van der Waals surface area contributed by atoms with Crippen LogP contribution in [0.4, 0.5) is 0 Å². The Morgan fingerprint density at radius 1 is 1.16 bits per heavy atom. The molecule has 2 aromatic rings. The summed E-state index contributed by atoms with van der Waals surface area (Å²) in [5, 5.41) is 4.13. The molecule has 4 heterocycles. The molecule has 1 saturated heterocycles. The summed E-state index contributed by atoms with van der Waals surface area (Å²) in [4.78, 5) is 49.3. The Bertz CT molecular complexity index is 1030. The van der Waals surface area contributed by atoms with Crippen LogP contribution in [0.25, 0.3) is 0 Å². The van der Waals surface area contributed by atoms with E-state index in [1.54, 1.807) is 10.9 Å². The number of likely N-dealkylation sites (tertiary alicyclic amines) is 1. The fourth-order valence-corrected chi connectivity index (χ4v) is 4.76. The molecule has 0 radical (unpaired) electrons. The zero-order chi connectivity index (χ0) is 21.4. The number of amides is 2. The summed E-state index contributed by atoms with van der Waals surface area (Å²) >= 11 is 0. The summed E-state index contributed by atoms with van der Waals surface area (Å²) in [7, 11) is 0. The smallest absolute Gasteiger partial charge is 0.254 e. The number of aryl methyl sites for hydroxylation is 1. The summed E-state index contributed by atoms with van der Waals surface area (Å²) in [6.45, 7) is 2.79. The van der Waals surface area contributed by atoms with Crippen molar-refractivity contribution in [3.05, 3.63) is 45.9 Å². The van der Waals surface area contributed by atoms with E-state index in [0.717, 1.165) is 31.4 Å². The van der Waals surface area contributed by atoms with Gasteiger partial charge in [0.25, 0.3) is 5.56 Å². The van der Waals surface area contributed by atoms with E-state index in [1.807, 2.05) is 22.1 Å². The highest BCUT2D eigenvalue weighted by Gasteiger charge is 2.34. The Balaban J connectivity index is 1.25. The van der Waals surface area contributed by atoms with Gasteiger partial charge in [0.1, 0.15) is 5.82 Å². The Hall–Kier alpha value is -2.97. The average Bonchev–Trinajstić information content (AvgIpc) is 3.42. The van der Waals surface area contributed by atoms with Crippen LogP contribution in [0.2, 0.25) is 0 Å². The molecule has 3 aliphatic rings. The molecule has 2 aliphatic heterocycles. The van der Waals surface area contributed by atoms with E-state index in [-0.39, 0.29) is 29.2 Å². The van der Waals surface area contributed by atoms with E-state index in [2.05, 4.69) is 10.1 Å². The largest absolute Gasteiger partial charge is 0.342 e. The fourth-order valence-electron chi connectivity index (χ4n) is 4.76. The van der Waals surface area contributed by atoms with Crippen LogP contribution >= 0.6 is 0 Å². The summed E-state index contributed by atoms with van der Waals surface area (Å²) in [5.74, 6) is 1.11. The van der Waals surface area contributed by atoms with Crippen LogP contribution in [0, 0.1) is 5.92 Å². The molecule has 0 spiro atoms. The van der Waals surface area contributed by atoms with E-state index in [1.165, 1.54) is 0 Å². The van der Waals surface area contributed by atoms with Gasteiger partial charge in [-0.2, -0.15) is 5.10 Å². The monoisotopic (exact) mass is 424 g/mol. The van der Waals surface area contributed by atoms with E-state index in [0.29, 0.717) is 57.0 Å². The molecule has 1 atom stereocenters. The maximum Gasteiger partial charge on any atom is 0.254 e. The number of aromatic amines is 1. The first-order valence-corrected chi connectivity index (χ1v) is 11.2. The number of carbonyl (C=O) groups is 2. The van der Waals surface area contributed by atoms with E-state index in [9.17, 15) is 14.4 Å². The minimum absolute atomic E-state index is 0.0179. The van der Waals surface area contributed by atoms with E-state index >= 15 is 0 Å². The first kappa shape index (κ1) is 20.0. The van der Waals surface area contributed by atoms with Crippen molar-refractivity contribution in [1.29, 1.82) is 0 Å². The molecule has 5 rings (SSSR count). The number of H-pyrrole nitrogens is 1. The fraction of sp³-hybridized carbons (Fsp3) is 0.591. The Morgan fingerprint density at radius 2 is 2.03 bits per heavy atom. The molecule has 0 bridgehead atoms. The predicted octanol–water partition coefficient (Wildman–Crippen LogP) is 1.06. The highest BCUT2D eigenvalue weighted by Crippen LogP contribution is 2.30. The lowest BCUT2D eigenvalue weighted by molar-refractivity contribution is -0.139. The molecule has 9 nitrogen and oxygen atoms in total. The van der Waals surface area contributed by atoms with Crippen molar-refractivity contribution in [1.82, 2.24) is 29.5 Å². The zero-order valence-electron chi connectivity index (χ0n) is 17.6. The topological polar surface area (TPSA) is 104 Å². The van der Waals surface area contributed by atoms with Gasteiger partial charge in [-0.25, -0.2) is 4.98 Å². The van der Waals surface area contributed by atoms with Crippen molar-refractivity contribution >= 4 is 11.8 Å². The lowest BCUT2D eigenvalue weighted by Crippen LogP contribution is -2.43. The van der Waals surface area contributed by atoms with Crippen LogP contribution in [0.5, 0.6) is 0 Å². The number of hydrogen-bond acceptors (Lipinski definition) is 5. The van der Waals surface area contributed by atoms with Crippen molar-refractivity contribution in [2.24, 2.45) is 5.92 Å². The minimum Gasteiger partial charge on any atom is -0.342 e. The number of carbonyl (C=O) groups excluding carboxylic acids is 2. The Kier molecular flexibility index (Phi) is 5.33. The van der Waals surface area contributed by atoms with Crippen molar-refractivity contribution in [3.63, 3.8) is 0 Å². The van der Waals surface area contributed by atoms with Crippen LogP contribution in [0.15, 0.2) is 23.3 Å². The average molecular weight is 425 g/mol. The van der Waals surface area contributed by atoms with Gasteiger partial charge in [-0.1, -0.05) is 6.42 Å². The van der Waals surface area contributed by atoms with Crippen LogP contribution in [0.1, 0.15) is 55.1 Å². The molecule has 1 aliphatic carbocycles. The Morgan fingerprint density at radius 3 is 2.77 bits per heavy atom. The number of nitrogens with one attached hydrogen (secondary N) is 1. The number of fused-ring (bicyclic) bond motifs is 1. The van der Waals surface area contributed by atoms with Gasteiger partial charge in [0, 0.05) is 62.4 Å². The third-order valence-electron chi connectivity index (χ3n) is 6.90. The molecule has 164 valence electrons. The maximum absolute atomic E-state index is 12.7. The van der Waals surface area contributed by atoms with Gasteiger partial charge in [-0.3, -0.25) is 19.1 Å². The molecule has 1 saturated carbocycles. The van der Waals surface area contributed by atoms with E-state index in [4.69, 9.17) is 4.98 Å². The molecule has 2 amide bonds. The number of hydrogen-bond donors (Lipinski definition) is 1. The molecule has 0 unspecified atom stereocenters. The van der Waals surface area contributed by atoms with Gasteiger partial charge in [-0.15, -0.1) is 0 Å². The summed E-state index contributed by atoms with van der Waals surface area (Å²) in [6, 6.07) is 1.84. The van der Waals surface area contributed by atoms with Gasteiger partial charge in [0.15, 0.2) is 0 Å². The van der Waals surface area contributed by atoms with E-state index < -0.39 is 0 Å². The standard InChI is InChI=1S/C22H28N6O3/c29-19(7-12-28-9-2-8-23-28)26-10-5-16(13-26)20-24-18-14-27(22(31)15-3-1-4-15)11-6-17(18)21(30)25-20/h2,8-9,15-16H,1,3-7,10-14H2,(H,24,25,30)/t16-/m1/s1.